The first-order valence-corrected chi connectivity index (χ1v) is 6.70. The molecule has 0 spiro atoms. The molecule has 3 aromatic carbocycles. The third-order valence-corrected chi connectivity index (χ3v) is 4.28. The summed E-state index contributed by atoms with van der Waals surface area (Å²) < 4.78 is 5.74. The van der Waals surface area contributed by atoms with Gasteiger partial charge in [0.05, 0.1) is 0 Å². The number of epoxide rings is 1. The SMILES string of the molecule is C1=C[C@@H]2O[C@@H]2c2c1ccc1c2ccc2ccccc21. The minimum absolute atomic E-state index is 0.282. The second kappa shape index (κ2) is 3.25. The monoisotopic (exact) mass is 244 g/mol. The first kappa shape index (κ1) is 9.76. The van der Waals surface area contributed by atoms with E-state index < -0.39 is 0 Å². The van der Waals surface area contributed by atoms with Gasteiger partial charge in [-0.2, -0.15) is 0 Å². The van der Waals surface area contributed by atoms with Crippen LogP contribution in [0.4, 0.5) is 0 Å². The quantitative estimate of drug-likeness (QED) is 0.420. The van der Waals surface area contributed by atoms with Gasteiger partial charge in [0.15, 0.2) is 0 Å². The van der Waals surface area contributed by atoms with Crippen LogP contribution in [0.25, 0.3) is 27.6 Å². The van der Waals surface area contributed by atoms with Gasteiger partial charge in [-0.25, -0.2) is 0 Å². The molecule has 0 unspecified atom stereocenters. The van der Waals surface area contributed by atoms with E-state index in [1.165, 1.54) is 32.7 Å². The Kier molecular flexibility index (Phi) is 1.67. The van der Waals surface area contributed by atoms with Gasteiger partial charge < -0.3 is 4.74 Å². The van der Waals surface area contributed by atoms with Crippen LogP contribution in [0.2, 0.25) is 0 Å². The molecule has 90 valence electrons. The zero-order chi connectivity index (χ0) is 12.4. The highest BCUT2D eigenvalue weighted by atomic mass is 16.6. The first-order chi connectivity index (χ1) is 9.42. The molecule has 1 aliphatic carbocycles. The molecule has 1 nitrogen and oxygen atoms in total. The van der Waals surface area contributed by atoms with Gasteiger partial charge >= 0.3 is 0 Å². The maximum atomic E-state index is 5.74. The van der Waals surface area contributed by atoms with Crippen molar-refractivity contribution in [2.75, 3.05) is 0 Å². The molecule has 0 saturated carbocycles. The molecular weight excluding hydrogens is 232 g/mol. The lowest BCUT2D eigenvalue weighted by atomic mass is 9.90. The number of hydrogen-bond donors (Lipinski definition) is 0. The van der Waals surface area contributed by atoms with E-state index in [0.717, 1.165) is 0 Å². The van der Waals surface area contributed by atoms with Crippen LogP contribution in [0.3, 0.4) is 0 Å². The smallest absolute Gasteiger partial charge is 0.114 e. The van der Waals surface area contributed by atoms with Crippen LogP contribution in [-0.2, 0) is 4.74 Å². The largest absolute Gasteiger partial charge is 0.360 e. The van der Waals surface area contributed by atoms with Crippen molar-refractivity contribution in [3.63, 3.8) is 0 Å². The summed E-state index contributed by atoms with van der Waals surface area (Å²) >= 11 is 0. The Labute approximate surface area is 111 Å². The van der Waals surface area contributed by atoms with E-state index in [0.29, 0.717) is 6.10 Å². The second-order valence-corrected chi connectivity index (χ2v) is 5.33. The van der Waals surface area contributed by atoms with E-state index >= 15 is 0 Å². The van der Waals surface area contributed by atoms with E-state index in [4.69, 9.17) is 4.74 Å². The van der Waals surface area contributed by atoms with Crippen molar-refractivity contribution >= 4 is 27.6 Å². The second-order valence-electron chi connectivity index (χ2n) is 5.33. The zero-order valence-corrected chi connectivity index (χ0v) is 10.3. The van der Waals surface area contributed by atoms with Gasteiger partial charge in [0.2, 0.25) is 0 Å². The fourth-order valence-corrected chi connectivity index (χ4v) is 3.29. The Morgan fingerprint density at radius 1 is 0.789 bits per heavy atom. The van der Waals surface area contributed by atoms with E-state index in [-0.39, 0.29) is 6.10 Å². The van der Waals surface area contributed by atoms with Crippen molar-refractivity contribution in [2.24, 2.45) is 0 Å². The Morgan fingerprint density at radius 3 is 2.68 bits per heavy atom. The van der Waals surface area contributed by atoms with Gasteiger partial charge in [0.1, 0.15) is 12.2 Å². The van der Waals surface area contributed by atoms with Gasteiger partial charge in [0.25, 0.3) is 0 Å². The molecule has 2 atom stereocenters. The van der Waals surface area contributed by atoms with Crippen LogP contribution in [0, 0.1) is 0 Å². The van der Waals surface area contributed by atoms with Gasteiger partial charge in [-0.15, -0.1) is 0 Å². The van der Waals surface area contributed by atoms with Gasteiger partial charge in [-0.1, -0.05) is 60.7 Å². The molecule has 0 radical (unpaired) electrons. The summed E-state index contributed by atoms with van der Waals surface area (Å²) in [6.45, 7) is 0. The predicted octanol–water partition coefficient (Wildman–Crippen LogP) is 4.46. The first-order valence-electron chi connectivity index (χ1n) is 6.70. The molecule has 19 heavy (non-hydrogen) atoms. The Hall–Kier alpha value is -2.12. The molecule has 0 aromatic heterocycles. The Morgan fingerprint density at radius 2 is 1.68 bits per heavy atom. The average Bonchev–Trinajstić information content (AvgIpc) is 3.26. The predicted molar refractivity (Wildman–Crippen MR) is 78.1 cm³/mol. The summed E-state index contributed by atoms with van der Waals surface area (Å²) in [5.41, 5.74) is 2.68. The maximum absolute atomic E-state index is 5.74. The summed E-state index contributed by atoms with van der Waals surface area (Å²) in [6, 6.07) is 17.5. The summed E-state index contributed by atoms with van der Waals surface area (Å²) in [6.07, 6.45) is 4.95. The topological polar surface area (TPSA) is 12.5 Å². The molecule has 3 aromatic rings. The molecule has 2 aliphatic rings. The fourth-order valence-electron chi connectivity index (χ4n) is 3.29. The highest BCUT2D eigenvalue weighted by Gasteiger charge is 2.42. The number of hydrogen-bond acceptors (Lipinski definition) is 1. The van der Waals surface area contributed by atoms with E-state index in [9.17, 15) is 0 Å². The summed E-state index contributed by atoms with van der Waals surface area (Å²) in [5.74, 6) is 0. The molecular formula is C18H12O. The zero-order valence-electron chi connectivity index (χ0n) is 10.3. The van der Waals surface area contributed by atoms with Crippen molar-refractivity contribution in [1.82, 2.24) is 0 Å². The van der Waals surface area contributed by atoms with Gasteiger partial charge in [0, 0.05) is 0 Å². The number of benzene rings is 3. The summed E-state index contributed by atoms with van der Waals surface area (Å²) in [5, 5.41) is 5.30. The Bertz CT molecular complexity index is 860. The van der Waals surface area contributed by atoms with Crippen molar-refractivity contribution < 1.29 is 4.74 Å². The Balaban J connectivity index is 1.97. The van der Waals surface area contributed by atoms with E-state index in [1.54, 1.807) is 0 Å². The average molecular weight is 244 g/mol. The number of fused-ring (bicyclic) bond motifs is 7. The van der Waals surface area contributed by atoms with Crippen LogP contribution in [0.15, 0.2) is 54.6 Å². The third-order valence-electron chi connectivity index (χ3n) is 4.28. The van der Waals surface area contributed by atoms with Gasteiger partial charge in [-0.3, -0.25) is 0 Å². The van der Waals surface area contributed by atoms with Crippen LogP contribution in [0.1, 0.15) is 17.2 Å². The summed E-state index contributed by atoms with van der Waals surface area (Å²) in [4.78, 5) is 0. The fraction of sp³-hybridized carbons (Fsp3) is 0.111. The maximum Gasteiger partial charge on any atom is 0.114 e. The van der Waals surface area contributed by atoms with Crippen molar-refractivity contribution in [2.45, 2.75) is 12.2 Å². The normalized spacial score (nSPS) is 23.4. The molecule has 1 fully saturated rings. The van der Waals surface area contributed by atoms with Crippen LogP contribution < -0.4 is 0 Å². The van der Waals surface area contributed by atoms with Crippen LogP contribution >= 0.6 is 0 Å². The minimum Gasteiger partial charge on any atom is -0.360 e. The molecule has 1 heteroatoms. The van der Waals surface area contributed by atoms with E-state index in [2.05, 4.69) is 60.7 Å². The standard InChI is InChI=1S/C18H12O/c1-2-4-13-11(3-1)5-9-15-14(13)8-6-12-7-10-16-18(19-16)17(12)15/h1-10,16,18H/t16-,18-/m0/s1. The van der Waals surface area contributed by atoms with Crippen molar-refractivity contribution in [3.05, 3.63) is 65.7 Å². The minimum atomic E-state index is 0.282. The number of ether oxygens (including phenoxy) is 1. The highest BCUT2D eigenvalue weighted by molar-refractivity contribution is 6.09. The molecule has 0 N–H and O–H groups in total. The lowest BCUT2D eigenvalue weighted by molar-refractivity contribution is 0.396. The molecule has 1 heterocycles. The molecule has 1 saturated heterocycles. The third kappa shape index (κ3) is 1.23. The molecule has 5 rings (SSSR count). The lowest BCUT2D eigenvalue weighted by Gasteiger charge is -2.12. The molecule has 0 amide bonds. The lowest BCUT2D eigenvalue weighted by Crippen LogP contribution is -1.96. The highest BCUT2D eigenvalue weighted by Crippen LogP contribution is 2.48. The molecule has 1 aliphatic heterocycles. The van der Waals surface area contributed by atoms with Crippen LogP contribution in [0.5, 0.6) is 0 Å². The van der Waals surface area contributed by atoms with Gasteiger partial charge in [-0.05, 0) is 32.7 Å². The van der Waals surface area contributed by atoms with E-state index in [1.807, 2.05) is 0 Å². The number of rotatable bonds is 0. The summed E-state index contributed by atoms with van der Waals surface area (Å²) in [7, 11) is 0. The van der Waals surface area contributed by atoms with Crippen molar-refractivity contribution in [1.29, 1.82) is 0 Å². The molecule has 0 bridgehead atoms. The van der Waals surface area contributed by atoms with Crippen molar-refractivity contribution in [3.8, 4) is 0 Å². The van der Waals surface area contributed by atoms with Crippen LogP contribution in [-0.4, -0.2) is 6.10 Å².